The summed E-state index contributed by atoms with van der Waals surface area (Å²) in [5.41, 5.74) is 5.01. The second kappa shape index (κ2) is 6.90. The van der Waals surface area contributed by atoms with Gasteiger partial charge in [-0.2, -0.15) is 0 Å². The molecule has 0 aromatic heterocycles. The van der Waals surface area contributed by atoms with Crippen molar-refractivity contribution in [1.29, 1.82) is 0 Å². The van der Waals surface area contributed by atoms with Crippen LogP contribution in [0, 0.1) is 0 Å². The Morgan fingerprint density at radius 1 is 1.12 bits per heavy atom. The maximum atomic E-state index is 12.5. The minimum absolute atomic E-state index is 0.00411. The van der Waals surface area contributed by atoms with Crippen LogP contribution >= 0.6 is 11.8 Å². The van der Waals surface area contributed by atoms with E-state index in [-0.39, 0.29) is 11.8 Å². The number of fused-ring (bicyclic) bond motifs is 2. The standard InChI is InChI=1S/C19H19N3O2S/c23-18-5-6-25-17-4-3-13(8-16(17)22-18)19(24)21-9-12-1-2-14-10-20-11-15(14)7-12/h1-4,7-8,20H,5-6,9-11H2,(H,21,24)(H,22,23). The van der Waals surface area contributed by atoms with Crippen molar-refractivity contribution in [2.75, 3.05) is 11.1 Å². The molecule has 0 saturated carbocycles. The van der Waals surface area contributed by atoms with Gasteiger partial charge < -0.3 is 16.0 Å². The lowest BCUT2D eigenvalue weighted by atomic mass is 10.1. The Balaban J connectivity index is 1.45. The number of nitrogens with one attached hydrogen (secondary N) is 3. The minimum Gasteiger partial charge on any atom is -0.348 e. The van der Waals surface area contributed by atoms with Gasteiger partial charge in [-0.05, 0) is 34.9 Å². The first kappa shape index (κ1) is 16.2. The Bertz CT molecular complexity index is 851. The highest BCUT2D eigenvalue weighted by atomic mass is 32.2. The molecule has 2 heterocycles. The average molecular weight is 353 g/mol. The molecular formula is C19H19N3O2S. The minimum atomic E-state index is -0.134. The predicted octanol–water partition coefficient (Wildman–Crippen LogP) is 2.65. The molecule has 2 aliphatic rings. The van der Waals surface area contributed by atoms with Gasteiger partial charge in [-0.15, -0.1) is 11.8 Å². The Kier molecular flexibility index (Phi) is 4.46. The van der Waals surface area contributed by atoms with E-state index in [0.29, 0.717) is 18.5 Å². The molecule has 0 aliphatic carbocycles. The summed E-state index contributed by atoms with van der Waals surface area (Å²) in [5.74, 6) is 0.623. The third-order valence-corrected chi connectivity index (χ3v) is 5.53. The number of rotatable bonds is 3. The summed E-state index contributed by atoms with van der Waals surface area (Å²) in [7, 11) is 0. The summed E-state index contributed by atoms with van der Waals surface area (Å²) in [6.45, 7) is 2.30. The molecule has 4 rings (SSSR count). The van der Waals surface area contributed by atoms with E-state index in [4.69, 9.17) is 0 Å². The highest BCUT2D eigenvalue weighted by Gasteiger charge is 2.16. The Hall–Kier alpha value is -2.31. The van der Waals surface area contributed by atoms with Gasteiger partial charge in [0.2, 0.25) is 5.91 Å². The van der Waals surface area contributed by atoms with Gasteiger partial charge in [0.25, 0.3) is 5.91 Å². The molecule has 0 fully saturated rings. The van der Waals surface area contributed by atoms with Crippen LogP contribution in [-0.2, 0) is 24.4 Å². The van der Waals surface area contributed by atoms with Gasteiger partial charge in [0.1, 0.15) is 0 Å². The molecule has 2 amide bonds. The number of anilines is 1. The van der Waals surface area contributed by atoms with Crippen LogP contribution in [0.15, 0.2) is 41.3 Å². The molecule has 0 atom stereocenters. The van der Waals surface area contributed by atoms with Crippen molar-refractivity contribution in [2.24, 2.45) is 0 Å². The SMILES string of the molecule is O=C1CCSc2ccc(C(=O)NCc3ccc4c(c3)CNC4)cc2N1. The molecule has 6 heteroatoms. The topological polar surface area (TPSA) is 70.2 Å². The summed E-state index contributed by atoms with van der Waals surface area (Å²) < 4.78 is 0. The van der Waals surface area contributed by atoms with Crippen LogP contribution in [0.5, 0.6) is 0 Å². The van der Waals surface area contributed by atoms with E-state index < -0.39 is 0 Å². The lowest BCUT2D eigenvalue weighted by molar-refractivity contribution is -0.115. The maximum absolute atomic E-state index is 12.5. The number of hydrogen-bond donors (Lipinski definition) is 3. The van der Waals surface area contributed by atoms with Crippen molar-refractivity contribution >= 4 is 29.3 Å². The lowest BCUT2D eigenvalue weighted by Crippen LogP contribution is -2.23. The molecule has 2 aliphatic heterocycles. The van der Waals surface area contributed by atoms with E-state index in [2.05, 4.69) is 34.1 Å². The fraction of sp³-hybridized carbons (Fsp3) is 0.263. The second-order valence-electron chi connectivity index (χ2n) is 6.25. The first-order valence-electron chi connectivity index (χ1n) is 8.35. The van der Waals surface area contributed by atoms with Crippen LogP contribution in [0.3, 0.4) is 0 Å². The molecule has 3 N–H and O–H groups in total. The fourth-order valence-electron chi connectivity index (χ4n) is 3.10. The van der Waals surface area contributed by atoms with E-state index >= 15 is 0 Å². The maximum Gasteiger partial charge on any atom is 0.251 e. The number of thioether (sulfide) groups is 1. The van der Waals surface area contributed by atoms with Crippen LogP contribution in [0.4, 0.5) is 5.69 Å². The number of carbonyl (C=O) groups excluding carboxylic acids is 2. The zero-order valence-corrected chi connectivity index (χ0v) is 14.5. The molecular weight excluding hydrogens is 334 g/mol. The van der Waals surface area contributed by atoms with Crippen LogP contribution in [0.25, 0.3) is 0 Å². The first-order valence-corrected chi connectivity index (χ1v) is 9.34. The predicted molar refractivity (Wildman–Crippen MR) is 98.6 cm³/mol. The zero-order chi connectivity index (χ0) is 17.2. The Morgan fingerprint density at radius 2 is 2.00 bits per heavy atom. The number of amides is 2. The van der Waals surface area contributed by atoms with Gasteiger partial charge >= 0.3 is 0 Å². The van der Waals surface area contributed by atoms with E-state index in [1.54, 1.807) is 17.8 Å². The Labute approximate surface area is 150 Å². The van der Waals surface area contributed by atoms with Crippen molar-refractivity contribution in [3.8, 4) is 0 Å². The van der Waals surface area contributed by atoms with E-state index in [0.717, 1.165) is 35.0 Å². The molecule has 0 spiro atoms. The molecule has 0 unspecified atom stereocenters. The van der Waals surface area contributed by atoms with Crippen molar-refractivity contribution < 1.29 is 9.59 Å². The summed E-state index contributed by atoms with van der Waals surface area (Å²) in [5, 5.41) is 9.15. The highest BCUT2D eigenvalue weighted by molar-refractivity contribution is 7.99. The van der Waals surface area contributed by atoms with Crippen molar-refractivity contribution in [3.05, 3.63) is 58.7 Å². The molecule has 2 aromatic rings. The third-order valence-electron chi connectivity index (χ3n) is 4.46. The smallest absolute Gasteiger partial charge is 0.251 e. The zero-order valence-electron chi connectivity index (χ0n) is 13.7. The first-order chi connectivity index (χ1) is 12.2. The summed E-state index contributed by atoms with van der Waals surface area (Å²) in [4.78, 5) is 25.2. The largest absolute Gasteiger partial charge is 0.348 e. The van der Waals surface area contributed by atoms with Gasteiger partial charge in [0.15, 0.2) is 0 Å². The van der Waals surface area contributed by atoms with Gasteiger partial charge in [0.05, 0.1) is 5.69 Å². The number of benzene rings is 2. The van der Waals surface area contributed by atoms with Crippen LogP contribution in [0.2, 0.25) is 0 Å². The molecule has 25 heavy (non-hydrogen) atoms. The van der Waals surface area contributed by atoms with Crippen LogP contribution in [-0.4, -0.2) is 17.6 Å². The number of carbonyl (C=O) groups is 2. The molecule has 0 bridgehead atoms. The molecule has 5 nitrogen and oxygen atoms in total. The summed E-state index contributed by atoms with van der Waals surface area (Å²) in [6.07, 6.45) is 0.494. The number of hydrogen-bond acceptors (Lipinski definition) is 4. The lowest BCUT2D eigenvalue weighted by Gasteiger charge is -2.10. The van der Waals surface area contributed by atoms with E-state index in [9.17, 15) is 9.59 Å². The van der Waals surface area contributed by atoms with Gasteiger partial charge in [-0.25, -0.2) is 0 Å². The van der Waals surface area contributed by atoms with Gasteiger partial charge in [-0.1, -0.05) is 18.2 Å². The highest BCUT2D eigenvalue weighted by Crippen LogP contribution is 2.31. The molecule has 0 saturated heterocycles. The second-order valence-corrected chi connectivity index (χ2v) is 7.38. The van der Waals surface area contributed by atoms with Crippen molar-refractivity contribution in [2.45, 2.75) is 31.0 Å². The summed E-state index contributed by atoms with van der Waals surface area (Å²) in [6, 6.07) is 11.8. The van der Waals surface area contributed by atoms with Crippen molar-refractivity contribution in [1.82, 2.24) is 10.6 Å². The molecule has 128 valence electrons. The van der Waals surface area contributed by atoms with E-state index in [1.165, 1.54) is 11.1 Å². The fourth-order valence-corrected chi connectivity index (χ4v) is 4.04. The quantitative estimate of drug-likeness (QED) is 0.793. The van der Waals surface area contributed by atoms with Crippen LogP contribution < -0.4 is 16.0 Å². The van der Waals surface area contributed by atoms with Crippen molar-refractivity contribution in [3.63, 3.8) is 0 Å². The monoisotopic (exact) mass is 353 g/mol. The Morgan fingerprint density at radius 3 is 2.92 bits per heavy atom. The van der Waals surface area contributed by atoms with E-state index in [1.807, 2.05) is 12.1 Å². The van der Waals surface area contributed by atoms with Gasteiger partial charge in [0, 0.05) is 42.3 Å². The third kappa shape index (κ3) is 3.55. The molecule has 2 aromatic carbocycles. The van der Waals surface area contributed by atoms with Gasteiger partial charge in [-0.3, -0.25) is 9.59 Å². The molecule has 0 radical (unpaired) electrons. The normalized spacial score (nSPS) is 15.8. The summed E-state index contributed by atoms with van der Waals surface area (Å²) >= 11 is 1.63. The van der Waals surface area contributed by atoms with Crippen LogP contribution in [0.1, 0.15) is 33.5 Å². The average Bonchev–Trinajstić information content (AvgIpc) is 3.00.